The van der Waals surface area contributed by atoms with Crippen molar-refractivity contribution in [3.8, 4) is 0 Å². The standard InChI is InChI=1S/C17H22BrNS/c1-4-14-8-9-15(20-14)11-17(19-5-2)13-7-6-12(3)16(18)10-13/h6-10,17,19H,4-5,11H2,1-3H3. The molecule has 1 aromatic carbocycles. The summed E-state index contributed by atoms with van der Waals surface area (Å²) in [5.74, 6) is 0. The van der Waals surface area contributed by atoms with Crippen LogP contribution in [-0.4, -0.2) is 6.54 Å². The second kappa shape index (κ2) is 7.39. The van der Waals surface area contributed by atoms with Crippen LogP contribution in [0.2, 0.25) is 0 Å². The fourth-order valence-electron chi connectivity index (χ4n) is 2.30. The number of rotatable bonds is 6. The fraction of sp³-hybridized carbons (Fsp3) is 0.412. The molecule has 0 radical (unpaired) electrons. The van der Waals surface area contributed by atoms with Crippen molar-refractivity contribution in [3.63, 3.8) is 0 Å². The van der Waals surface area contributed by atoms with Crippen LogP contribution in [-0.2, 0) is 12.8 Å². The number of hydrogen-bond acceptors (Lipinski definition) is 2. The predicted octanol–water partition coefficient (Wildman–Crippen LogP) is 5.27. The molecule has 1 aromatic heterocycles. The summed E-state index contributed by atoms with van der Waals surface area (Å²) >= 11 is 5.58. The second-order valence-corrected chi connectivity index (χ2v) is 7.15. The van der Waals surface area contributed by atoms with Gasteiger partial charge in [-0.15, -0.1) is 11.3 Å². The summed E-state index contributed by atoms with van der Waals surface area (Å²) in [5.41, 5.74) is 2.64. The lowest BCUT2D eigenvalue weighted by molar-refractivity contribution is 0.553. The molecule has 20 heavy (non-hydrogen) atoms. The van der Waals surface area contributed by atoms with Crippen molar-refractivity contribution in [2.24, 2.45) is 0 Å². The van der Waals surface area contributed by atoms with E-state index < -0.39 is 0 Å². The fourth-order valence-corrected chi connectivity index (χ4v) is 3.70. The van der Waals surface area contributed by atoms with Gasteiger partial charge in [-0.05, 0) is 49.2 Å². The van der Waals surface area contributed by atoms with Gasteiger partial charge < -0.3 is 5.32 Å². The van der Waals surface area contributed by atoms with E-state index in [1.54, 1.807) is 0 Å². The molecule has 0 saturated heterocycles. The number of aryl methyl sites for hydroxylation is 2. The van der Waals surface area contributed by atoms with Crippen molar-refractivity contribution < 1.29 is 0 Å². The van der Waals surface area contributed by atoms with Crippen molar-refractivity contribution in [2.75, 3.05) is 6.54 Å². The maximum absolute atomic E-state index is 3.64. The molecular formula is C17H22BrNS. The van der Waals surface area contributed by atoms with Crippen LogP contribution in [0.4, 0.5) is 0 Å². The molecular weight excluding hydrogens is 330 g/mol. The Bertz CT molecular complexity index is 562. The van der Waals surface area contributed by atoms with Gasteiger partial charge in [0, 0.05) is 26.7 Å². The lowest BCUT2D eigenvalue weighted by atomic mass is 10.0. The summed E-state index contributed by atoms with van der Waals surface area (Å²) in [4.78, 5) is 2.94. The van der Waals surface area contributed by atoms with E-state index in [1.807, 2.05) is 11.3 Å². The first-order chi connectivity index (χ1) is 9.63. The number of nitrogens with one attached hydrogen (secondary N) is 1. The van der Waals surface area contributed by atoms with Crippen molar-refractivity contribution in [3.05, 3.63) is 55.7 Å². The minimum atomic E-state index is 0.389. The van der Waals surface area contributed by atoms with Crippen LogP contribution in [0.5, 0.6) is 0 Å². The van der Waals surface area contributed by atoms with Crippen molar-refractivity contribution in [1.29, 1.82) is 0 Å². The molecule has 0 aliphatic heterocycles. The number of halogens is 1. The van der Waals surface area contributed by atoms with Gasteiger partial charge in [0.05, 0.1) is 0 Å². The van der Waals surface area contributed by atoms with Gasteiger partial charge in [-0.2, -0.15) is 0 Å². The van der Waals surface area contributed by atoms with Crippen LogP contribution >= 0.6 is 27.3 Å². The normalized spacial score (nSPS) is 12.6. The Kier molecular flexibility index (Phi) is 5.82. The summed E-state index contributed by atoms with van der Waals surface area (Å²) in [7, 11) is 0. The highest BCUT2D eigenvalue weighted by Crippen LogP contribution is 2.27. The molecule has 0 spiro atoms. The average molecular weight is 352 g/mol. The van der Waals surface area contributed by atoms with E-state index in [0.29, 0.717) is 6.04 Å². The topological polar surface area (TPSA) is 12.0 Å². The molecule has 108 valence electrons. The lowest BCUT2D eigenvalue weighted by Crippen LogP contribution is -2.22. The van der Waals surface area contributed by atoms with Crippen LogP contribution in [0.1, 0.15) is 40.8 Å². The Morgan fingerprint density at radius 1 is 1.15 bits per heavy atom. The molecule has 1 unspecified atom stereocenters. The SMILES string of the molecule is CCNC(Cc1ccc(CC)s1)c1ccc(C)c(Br)c1. The summed E-state index contributed by atoms with van der Waals surface area (Å²) in [6, 6.07) is 11.6. The highest BCUT2D eigenvalue weighted by atomic mass is 79.9. The molecule has 0 aliphatic rings. The van der Waals surface area contributed by atoms with Crippen LogP contribution < -0.4 is 5.32 Å². The largest absolute Gasteiger partial charge is 0.310 e. The molecule has 3 heteroatoms. The van der Waals surface area contributed by atoms with E-state index in [2.05, 4.69) is 72.3 Å². The van der Waals surface area contributed by atoms with Gasteiger partial charge >= 0.3 is 0 Å². The Balaban J connectivity index is 2.19. The van der Waals surface area contributed by atoms with E-state index >= 15 is 0 Å². The molecule has 1 atom stereocenters. The third kappa shape index (κ3) is 3.94. The van der Waals surface area contributed by atoms with E-state index in [4.69, 9.17) is 0 Å². The monoisotopic (exact) mass is 351 g/mol. The van der Waals surface area contributed by atoms with Crippen molar-refractivity contribution >= 4 is 27.3 Å². The summed E-state index contributed by atoms with van der Waals surface area (Å²) in [6.07, 6.45) is 2.20. The molecule has 0 bridgehead atoms. The van der Waals surface area contributed by atoms with Gasteiger partial charge in [0.1, 0.15) is 0 Å². The van der Waals surface area contributed by atoms with Crippen molar-refractivity contribution in [2.45, 2.75) is 39.7 Å². The molecule has 0 fully saturated rings. The smallest absolute Gasteiger partial charge is 0.0369 e. The zero-order valence-corrected chi connectivity index (χ0v) is 14.8. The highest BCUT2D eigenvalue weighted by molar-refractivity contribution is 9.10. The zero-order valence-electron chi connectivity index (χ0n) is 12.4. The number of likely N-dealkylation sites (N-methyl/N-ethyl adjacent to an activating group) is 1. The van der Waals surface area contributed by atoms with E-state index in [-0.39, 0.29) is 0 Å². The van der Waals surface area contributed by atoms with Crippen LogP contribution in [0.25, 0.3) is 0 Å². The molecule has 0 amide bonds. The van der Waals surface area contributed by atoms with Gasteiger partial charge in [-0.3, -0.25) is 0 Å². The van der Waals surface area contributed by atoms with E-state index in [9.17, 15) is 0 Å². The molecule has 2 rings (SSSR count). The van der Waals surface area contributed by atoms with Gasteiger partial charge in [0.15, 0.2) is 0 Å². The maximum Gasteiger partial charge on any atom is 0.0369 e. The predicted molar refractivity (Wildman–Crippen MR) is 92.7 cm³/mol. The molecule has 0 aliphatic carbocycles. The third-order valence-corrected chi connectivity index (χ3v) is 5.63. The quantitative estimate of drug-likeness (QED) is 0.746. The Labute approximate surface area is 134 Å². The van der Waals surface area contributed by atoms with Gasteiger partial charge in [-0.1, -0.05) is 41.9 Å². The summed E-state index contributed by atoms with van der Waals surface area (Å²) in [5, 5.41) is 3.61. The minimum absolute atomic E-state index is 0.389. The Morgan fingerprint density at radius 3 is 2.50 bits per heavy atom. The number of hydrogen-bond donors (Lipinski definition) is 1. The first-order valence-electron chi connectivity index (χ1n) is 7.21. The van der Waals surface area contributed by atoms with Gasteiger partial charge in [0.25, 0.3) is 0 Å². The Morgan fingerprint density at radius 2 is 1.90 bits per heavy atom. The van der Waals surface area contributed by atoms with Crippen molar-refractivity contribution in [1.82, 2.24) is 5.32 Å². The number of thiophene rings is 1. The maximum atomic E-state index is 3.64. The first-order valence-corrected chi connectivity index (χ1v) is 8.82. The number of benzene rings is 1. The molecule has 0 saturated carbocycles. The van der Waals surface area contributed by atoms with Crippen LogP contribution in [0.15, 0.2) is 34.8 Å². The zero-order chi connectivity index (χ0) is 14.5. The molecule has 2 aromatic rings. The van der Waals surface area contributed by atoms with Gasteiger partial charge in [-0.25, -0.2) is 0 Å². The average Bonchev–Trinajstić information content (AvgIpc) is 2.89. The second-order valence-electron chi connectivity index (χ2n) is 5.04. The van der Waals surface area contributed by atoms with Gasteiger partial charge in [0.2, 0.25) is 0 Å². The molecule has 1 N–H and O–H groups in total. The van der Waals surface area contributed by atoms with Crippen LogP contribution in [0.3, 0.4) is 0 Å². The summed E-state index contributed by atoms with van der Waals surface area (Å²) in [6.45, 7) is 7.50. The Hall–Kier alpha value is -0.640. The lowest BCUT2D eigenvalue weighted by Gasteiger charge is -2.18. The highest BCUT2D eigenvalue weighted by Gasteiger charge is 2.13. The third-order valence-electron chi connectivity index (χ3n) is 3.52. The van der Waals surface area contributed by atoms with E-state index in [0.717, 1.165) is 19.4 Å². The van der Waals surface area contributed by atoms with Crippen LogP contribution in [0, 0.1) is 6.92 Å². The van der Waals surface area contributed by atoms with E-state index in [1.165, 1.54) is 25.4 Å². The summed E-state index contributed by atoms with van der Waals surface area (Å²) < 4.78 is 1.19. The minimum Gasteiger partial charge on any atom is -0.310 e. The molecule has 1 heterocycles. The first kappa shape index (κ1) is 15.7. The molecule has 1 nitrogen and oxygen atoms in total.